The van der Waals surface area contributed by atoms with Crippen LogP contribution in [-0.4, -0.2) is 19.6 Å². The molecule has 1 nitrogen and oxygen atoms in total. The molecule has 0 bridgehead atoms. The van der Waals surface area contributed by atoms with Crippen LogP contribution >= 0.6 is 0 Å². The number of carbonyl (C=O) groups excluding carboxylic acids is 1. The van der Waals surface area contributed by atoms with Gasteiger partial charge in [0.1, 0.15) is 0 Å². The molecule has 1 aliphatic carbocycles. The van der Waals surface area contributed by atoms with Crippen molar-refractivity contribution in [2.24, 2.45) is 17.3 Å². The van der Waals surface area contributed by atoms with E-state index in [1.807, 2.05) is 18.2 Å². The summed E-state index contributed by atoms with van der Waals surface area (Å²) < 4.78 is 1.63. The Morgan fingerprint density at radius 3 is 2.39 bits per heavy atom. The molecule has 0 aromatic heterocycles. The van der Waals surface area contributed by atoms with Crippen molar-refractivity contribution in [2.75, 3.05) is 0 Å². The van der Waals surface area contributed by atoms with Crippen molar-refractivity contribution in [2.45, 2.75) is 27.7 Å². The van der Waals surface area contributed by atoms with Gasteiger partial charge in [0.15, 0.2) is 0 Å². The molecule has 0 N–H and O–H groups in total. The van der Waals surface area contributed by atoms with E-state index in [9.17, 15) is 4.79 Å². The van der Waals surface area contributed by atoms with E-state index in [1.165, 1.54) is 10.0 Å². The molecule has 2 rings (SSSR count). The fraction of sp³-hybridized carbons (Fsp3) is 0.438. The summed E-state index contributed by atoms with van der Waals surface area (Å²) in [5, 5.41) is 0. The second kappa shape index (κ2) is 5.03. The van der Waals surface area contributed by atoms with Crippen LogP contribution in [-0.2, 0) is 4.79 Å². The molecule has 0 saturated heterocycles. The zero-order valence-electron chi connectivity index (χ0n) is 11.4. The molecule has 2 atom stereocenters. The molecular weight excluding hydrogens is 287 g/mol. The Morgan fingerprint density at radius 2 is 1.83 bits per heavy atom. The Hall–Kier alpha value is -0.851. The van der Waals surface area contributed by atoms with Gasteiger partial charge in [-0.3, -0.25) is 0 Å². The molecule has 1 aromatic carbocycles. The van der Waals surface area contributed by atoms with E-state index in [0.29, 0.717) is 10.6 Å². The first-order valence-electron chi connectivity index (χ1n) is 6.34. The summed E-state index contributed by atoms with van der Waals surface area (Å²) >= 11 is -0.0343. The fourth-order valence-electron chi connectivity index (χ4n) is 2.47. The van der Waals surface area contributed by atoms with Gasteiger partial charge in [-0.15, -0.1) is 0 Å². The van der Waals surface area contributed by atoms with E-state index < -0.39 is 0 Å². The molecule has 18 heavy (non-hydrogen) atoms. The van der Waals surface area contributed by atoms with Crippen LogP contribution in [0, 0.1) is 17.3 Å². The summed E-state index contributed by atoms with van der Waals surface area (Å²) in [6.07, 6.45) is 2.27. The molecule has 96 valence electrons. The molecule has 2 heteroatoms. The van der Waals surface area contributed by atoms with Crippen molar-refractivity contribution in [3.05, 3.63) is 42.0 Å². The van der Waals surface area contributed by atoms with Crippen LogP contribution in [0.1, 0.15) is 27.7 Å². The molecule has 1 aliphatic rings. The number of hydrogen-bond acceptors (Lipinski definition) is 1. The van der Waals surface area contributed by atoms with Crippen LogP contribution in [0.3, 0.4) is 0 Å². The Balaban J connectivity index is 2.05. The van der Waals surface area contributed by atoms with Gasteiger partial charge in [0.05, 0.1) is 0 Å². The van der Waals surface area contributed by atoms with Crippen molar-refractivity contribution >= 4 is 24.1 Å². The van der Waals surface area contributed by atoms with Gasteiger partial charge in [-0.1, -0.05) is 0 Å². The Bertz CT molecular complexity index is 469. The number of carbonyl (C=O) groups is 1. The topological polar surface area (TPSA) is 17.1 Å². The molecule has 1 saturated carbocycles. The van der Waals surface area contributed by atoms with E-state index in [4.69, 9.17) is 0 Å². The average molecular weight is 307 g/mol. The number of benzene rings is 1. The van der Waals surface area contributed by atoms with E-state index in [1.54, 1.807) is 0 Å². The van der Waals surface area contributed by atoms with Crippen LogP contribution < -0.4 is 4.46 Å². The van der Waals surface area contributed by atoms with Crippen LogP contribution in [0.15, 0.2) is 42.0 Å². The van der Waals surface area contributed by atoms with Gasteiger partial charge in [-0.2, -0.15) is 0 Å². The minimum absolute atomic E-state index is 0.0343. The first-order valence-corrected chi connectivity index (χ1v) is 8.06. The van der Waals surface area contributed by atoms with Gasteiger partial charge in [0.2, 0.25) is 0 Å². The van der Waals surface area contributed by atoms with Gasteiger partial charge in [0, 0.05) is 0 Å². The zero-order chi connectivity index (χ0) is 13.3. The number of allylic oxidation sites excluding steroid dienone is 2. The summed E-state index contributed by atoms with van der Waals surface area (Å²) in [5.41, 5.74) is 1.47. The van der Waals surface area contributed by atoms with Crippen molar-refractivity contribution in [3.8, 4) is 0 Å². The Morgan fingerprint density at radius 1 is 1.22 bits per heavy atom. The van der Waals surface area contributed by atoms with Crippen LogP contribution in [0.2, 0.25) is 0 Å². The SMILES string of the molecule is CC(C)=C[C@H]1[C@H](C(=O)[Se]c2ccccc2)C1(C)C. The average Bonchev–Trinajstić information content (AvgIpc) is 2.80. The zero-order valence-corrected chi connectivity index (χ0v) is 13.1. The normalized spacial score (nSPS) is 24.4. The van der Waals surface area contributed by atoms with Crippen LogP contribution in [0.25, 0.3) is 0 Å². The minimum atomic E-state index is -0.0343. The molecule has 1 aromatic rings. The first-order chi connectivity index (χ1) is 8.43. The molecule has 0 aliphatic heterocycles. The van der Waals surface area contributed by atoms with Gasteiger partial charge < -0.3 is 0 Å². The second-order valence-corrected chi connectivity index (χ2v) is 8.06. The molecule has 0 heterocycles. The van der Waals surface area contributed by atoms with Gasteiger partial charge in [-0.05, 0) is 0 Å². The van der Waals surface area contributed by atoms with Gasteiger partial charge in [0.25, 0.3) is 0 Å². The summed E-state index contributed by atoms with van der Waals surface area (Å²) in [4.78, 5) is 12.4. The number of rotatable bonds is 4. The van der Waals surface area contributed by atoms with Crippen molar-refractivity contribution in [1.29, 1.82) is 0 Å². The predicted molar refractivity (Wildman–Crippen MR) is 77.0 cm³/mol. The Kier molecular flexibility index (Phi) is 3.79. The fourth-order valence-corrected chi connectivity index (χ4v) is 4.78. The third kappa shape index (κ3) is 2.76. The Labute approximate surface area is 116 Å². The summed E-state index contributed by atoms with van der Waals surface area (Å²) in [7, 11) is 0. The van der Waals surface area contributed by atoms with Crippen molar-refractivity contribution < 1.29 is 4.79 Å². The van der Waals surface area contributed by atoms with Crippen LogP contribution in [0.4, 0.5) is 0 Å². The molecular formula is C16H20OSe. The standard InChI is InChI=1S/C16H20OSe/c1-11(2)10-13-14(16(13,3)4)15(17)18-12-8-6-5-7-9-12/h5-10,13-14H,1-4H3/t13-,14+/m0/s1. The van der Waals surface area contributed by atoms with Gasteiger partial charge >= 0.3 is 116 Å². The summed E-state index contributed by atoms with van der Waals surface area (Å²) in [6.45, 7) is 8.64. The maximum atomic E-state index is 12.4. The molecule has 0 radical (unpaired) electrons. The summed E-state index contributed by atoms with van der Waals surface area (Å²) in [5.74, 6) is 0.674. The third-order valence-corrected chi connectivity index (χ3v) is 5.66. The van der Waals surface area contributed by atoms with Crippen LogP contribution in [0.5, 0.6) is 0 Å². The summed E-state index contributed by atoms with van der Waals surface area (Å²) in [6, 6.07) is 10.1. The van der Waals surface area contributed by atoms with E-state index in [0.717, 1.165) is 0 Å². The third-order valence-electron chi connectivity index (χ3n) is 3.64. The molecule has 0 spiro atoms. The quantitative estimate of drug-likeness (QED) is 0.617. The maximum absolute atomic E-state index is 12.4. The first kappa shape index (κ1) is 13.6. The molecule has 1 fully saturated rings. The monoisotopic (exact) mass is 308 g/mol. The predicted octanol–water partition coefficient (Wildman–Crippen LogP) is 2.78. The molecule has 0 amide bonds. The van der Waals surface area contributed by atoms with Gasteiger partial charge in [-0.25, -0.2) is 0 Å². The second-order valence-electron chi connectivity index (χ2n) is 5.80. The van der Waals surface area contributed by atoms with E-state index in [2.05, 4.69) is 45.9 Å². The van der Waals surface area contributed by atoms with Crippen molar-refractivity contribution in [1.82, 2.24) is 0 Å². The van der Waals surface area contributed by atoms with E-state index in [-0.39, 0.29) is 26.3 Å². The molecule has 0 unspecified atom stereocenters. The number of hydrogen-bond donors (Lipinski definition) is 0. The van der Waals surface area contributed by atoms with E-state index >= 15 is 0 Å². The van der Waals surface area contributed by atoms with Crippen molar-refractivity contribution in [3.63, 3.8) is 0 Å².